The second-order valence-electron chi connectivity index (χ2n) is 7.49. The van der Waals surface area contributed by atoms with E-state index < -0.39 is 37.2 Å². The first-order chi connectivity index (χ1) is 12.4. The van der Waals surface area contributed by atoms with E-state index in [1.54, 1.807) is 34.6 Å². The minimum Gasteiger partial charge on any atom is -0.368 e. The van der Waals surface area contributed by atoms with Crippen LogP contribution in [0.25, 0.3) is 0 Å². The fourth-order valence-electron chi connectivity index (χ4n) is 3.10. The molecule has 0 radical (unpaired) electrons. The van der Waals surface area contributed by atoms with Gasteiger partial charge in [-0.3, -0.25) is 14.5 Å². The molecule has 148 valence electrons. The van der Waals surface area contributed by atoms with Crippen molar-refractivity contribution in [3.8, 4) is 0 Å². The first-order valence-electron chi connectivity index (χ1n) is 8.22. The summed E-state index contributed by atoms with van der Waals surface area (Å²) >= 11 is 2.32. The molecule has 3 heterocycles. The Morgan fingerprint density at radius 1 is 1.26 bits per heavy atom. The van der Waals surface area contributed by atoms with Crippen LogP contribution in [-0.4, -0.2) is 58.4 Å². The number of carbonyl (C=O) groups excluding carboxylic acids is 2. The van der Waals surface area contributed by atoms with Crippen molar-refractivity contribution < 1.29 is 22.7 Å². The molecule has 0 aliphatic carbocycles. The highest BCUT2D eigenvalue weighted by Crippen LogP contribution is 2.47. The molecule has 1 aromatic rings. The molecule has 8 nitrogen and oxygen atoms in total. The van der Waals surface area contributed by atoms with Crippen molar-refractivity contribution in [2.75, 3.05) is 7.11 Å². The zero-order valence-electron chi connectivity index (χ0n) is 15.8. The minimum atomic E-state index is -3.84. The third-order valence-corrected chi connectivity index (χ3v) is 9.66. The van der Waals surface area contributed by atoms with E-state index in [0.29, 0.717) is 14.9 Å². The number of Topliss-reactive ketones (excluding diaryl/α,β-unsaturated/α-hetero) is 1. The molecule has 1 aromatic heterocycles. The van der Waals surface area contributed by atoms with E-state index in [1.165, 1.54) is 18.4 Å². The van der Waals surface area contributed by atoms with Crippen molar-refractivity contribution in [2.24, 2.45) is 5.41 Å². The Morgan fingerprint density at radius 2 is 1.89 bits per heavy atom. The van der Waals surface area contributed by atoms with Gasteiger partial charge < -0.3 is 4.74 Å². The lowest BCUT2D eigenvalue weighted by molar-refractivity contribution is -0.161. The summed E-state index contributed by atoms with van der Waals surface area (Å²) in [5.74, 6) is -0.782. The molecule has 0 spiro atoms. The van der Waals surface area contributed by atoms with E-state index >= 15 is 0 Å². The Morgan fingerprint density at radius 3 is 2.37 bits per heavy atom. The summed E-state index contributed by atoms with van der Waals surface area (Å²) in [6, 6.07) is 0. The number of fused-ring (bicyclic) bond motifs is 1. The van der Waals surface area contributed by atoms with Gasteiger partial charge in [0.2, 0.25) is 0 Å². The lowest BCUT2D eigenvalue weighted by Crippen LogP contribution is -2.71. The van der Waals surface area contributed by atoms with Crippen molar-refractivity contribution in [1.29, 1.82) is 0 Å². The monoisotopic (exact) mass is 431 g/mol. The summed E-state index contributed by atoms with van der Waals surface area (Å²) < 4.78 is 31.1. The molecule has 0 saturated carbocycles. The summed E-state index contributed by atoms with van der Waals surface area (Å²) in [7, 11) is -2.54. The smallest absolute Gasteiger partial charge is 0.260 e. The molecule has 0 N–H and O–H groups in total. The molecule has 3 unspecified atom stereocenters. The number of ketones is 1. The van der Waals surface area contributed by atoms with Gasteiger partial charge in [0.1, 0.15) is 9.59 Å². The van der Waals surface area contributed by atoms with Gasteiger partial charge in [0, 0.05) is 12.5 Å². The summed E-state index contributed by atoms with van der Waals surface area (Å²) in [5.41, 5.74) is -0.277. The number of aryl methyl sites for hydroxylation is 1. The van der Waals surface area contributed by atoms with E-state index in [2.05, 4.69) is 10.2 Å². The third kappa shape index (κ3) is 3.14. The number of hydrogen-bond donors (Lipinski definition) is 0. The molecule has 2 aliphatic rings. The third-order valence-electron chi connectivity index (χ3n) is 4.46. The van der Waals surface area contributed by atoms with E-state index in [4.69, 9.17) is 4.74 Å². The van der Waals surface area contributed by atoms with E-state index in [1.807, 2.05) is 0 Å². The topological polar surface area (TPSA) is 107 Å². The molecule has 1 fully saturated rings. The Labute approximate surface area is 166 Å². The molecule has 11 heteroatoms. The van der Waals surface area contributed by atoms with Crippen LogP contribution in [0.5, 0.6) is 0 Å². The predicted molar refractivity (Wildman–Crippen MR) is 102 cm³/mol. The van der Waals surface area contributed by atoms with Gasteiger partial charge in [-0.1, -0.05) is 43.9 Å². The zero-order valence-corrected chi connectivity index (χ0v) is 18.3. The largest absolute Gasteiger partial charge is 0.368 e. The van der Waals surface area contributed by atoms with Gasteiger partial charge in [0.15, 0.2) is 31.4 Å². The van der Waals surface area contributed by atoms with Crippen LogP contribution in [0, 0.1) is 12.3 Å². The quantitative estimate of drug-likeness (QED) is 0.664. The number of hydrogen-bond acceptors (Lipinski definition) is 9. The number of aromatic nitrogens is 2. The van der Waals surface area contributed by atoms with Gasteiger partial charge in [0.25, 0.3) is 5.91 Å². The lowest BCUT2D eigenvalue weighted by Gasteiger charge is -2.51. The van der Waals surface area contributed by atoms with Crippen LogP contribution in [0.4, 0.5) is 0 Å². The maximum atomic E-state index is 13.2. The molecule has 27 heavy (non-hydrogen) atoms. The van der Waals surface area contributed by atoms with Crippen molar-refractivity contribution in [1.82, 2.24) is 15.1 Å². The average Bonchev–Trinajstić information content (AvgIpc) is 2.96. The number of amides is 1. The zero-order chi connectivity index (χ0) is 20.3. The van der Waals surface area contributed by atoms with Crippen LogP contribution in [0.1, 0.15) is 32.7 Å². The molecule has 0 bridgehead atoms. The highest BCUT2D eigenvalue weighted by Gasteiger charge is 2.63. The van der Waals surface area contributed by atoms with Gasteiger partial charge in [-0.15, -0.1) is 10.2 Å². The van der Waals surface area contributed by atoms with Gasteiger partial charge in [-0.25, -0.2) is 8.42 Å². The summed E-state index contributed by atoms with van der Waals surface area (Å²) in [4.78, 5) is 26.6. The van der Waals surface area contributed by atoms with Crippen LogP contribution in [0.2, 0.25) is 0 Å². The number of sulfone groups is 1. The number of ether oxygens (including phenoxy) is 1. The van der Waals surface area contributed by atoms with Crippen LogP contribution < -0.4 is 0 Å². The molecule has 0 aromatic carbocycles. The average molecular weight is 432 g/mol. The summed E-state index contributed by atoms with van der Waals surface area (Å²) in [5, 5.41) is 7.43. The molecular formula is C16H21N3O5S3. The second kappa shape index (κ2) is 6.64. The van der Waals surface area contributed by atoms with Gasteiger partial charge >= 0.3 is 0 Å². The first-order valence-corrected chi connectivity index (χ1v) is 11.5. The maximum Gasteiger partial charge on any atom is 0.260 e. The van der Waals surface area contributed by atoms with Crippen LogP contribution in [-0.2, 0) is 24.2 Å². The van der Waals surface area contributed by atoms with Gasteiger partial charge in [-0.2, -0.15) is 0 Å². The van der Waals surface area contributed by atoms with Crippen LogP contribution in [0.15, 0.2) is 15.6 Å². The van der Waals surface area contributed by atoms with Gasteiger partial charge in [-0.05, 0) is 19.4 Å². The first kappa shape index (κ1) is 20.4. The molecule has 1 amide bonds. The predicted octanol–water partition coefficient (Wildman–Crippen LogP) is 1.77. The number of β-lactam (4-membered cyclic amide) rings is 1. The fourth-order valence-corrected chi connectivity index (χ4v) is 8.19. The number of methoxy groups -OCH3 is 1. The lowest BCUT2D eigenvalue weighted by atomic mass is 9.86. The van der Waals surface area contributed by atoms with Crippen LogP contribution >= 0.6 is 23.1 Å². The molecule has 1 saturated heterocycles. The molecule has 2 aliphatic heterocycles. The van der Waals surface area contributed by atoms with Crippen molar-refractivity contribution in [2.45, 2.75) is 55.0 Å². The highest BCUT2D eigenvalue weighted by molar-refractivity contribution is 8.14. The Balaban J connectivity index is 2.16. The maximum absolute atomic E-state index is 13.2. The fraction of sp³-hybridized carbons (Fsp3) is 0.625. The van der Waals surface area contributed by atoms with Crippen molar-refractivity contribution in [3.05, 3.63) is 16.3 Å². The SMILES string of the molecule is COC1C(=O)N2C(C(=O)C(C)(C)C)=C(C)C(Sc3nnc(C)s3)S(=O)(=O)C12. The van der Waals surface area contributed by atoms with Crippen molar-refractivity contribution >= 4 is 44.6 Å². The van der Waals surface area contributed by atoms with E-state index in [0.717, 1.165) is 16.7 Å². The number of thioether (sulfide) groups is 1. The molecular weight excluding hydrogens is 410 g/mol. The second-order valence-corrected chi connectivity index (χ2v) is 12.5. The summed E-state index contributed by atoms with van der Waals surface area (Å²) in [6.45, 7) is 8.58. The van der Waals surface area contributed by atoms with Crippen molar-refractivity contribution in [3.63, 3.8) is 0 Å². The van der Waals surface area contributed by atoms with Gasteiger partial charge in [0.05, 0.1) is 5.70 Å². The minimum absolute atomic E-state index is 0.152. The highest BCUT2D eigenvalue weighted by atomic mass is 32.3. The van der Waals surface area contributed by atoms with E-state index in [9.17, 15) is 18.0 Å². The standard InChI is InChI=1S/C16H21N3O5S3/c1-7-9(11(20)16(3,4)5)19-12(21)10(24-6)13(19)27(22,23)14(7)26-15-18-17-8(2)25-15/h10,13-14H,1-6H3. The normalized spacial score (nSPS) is 27.4. The number of carbonyl (C=O) groups is 2. The van der Waals surface area contributed by atoms with Crippen LogP contribution in [0.3, 0.4) is 0 Å². The Kier molecular flexibility index (Phi) is 5.03. The molecule has 3 rings (SSSR count). The number of rotatable bonds is 4. The van der Waals surface area contributed by atoms with E-state index in [-0.39, 0.29) is 11.5 Å². The number of allylic oxidation sites excluding steroid dienone is 1. The Bertz CT molecular complexity index is 945. The Hall–Kier alpha value is -1.30. The molecule has 3 atom stereocenters. The number of nitrogens with zero attached hydrogens (tertiary/aromatic N) is 3. The summed E-state index contributed by atoms with van der Waals surface area (Å²) in [6.07, 6.45) is -1.11.